The predicted octanol–water partition coefficient (Wildman–Crippen LogP) is 5.57. The summed E-state index contributed by atoms with van der Waals surface area (Å²) in [5, 5.41) is 3.00. The van der Waals surface area contributed by atoms with Crippen molar-refractivity contribution in [1.82, 2.24) is 10.2 Å². The van der Waals surface area contributed by atoms with Crippen LogP contribution in [0.15, 0.2) is 82.2 Å². The molecule has 212 valence electrons. The topological polar surface area (TPSA) is 86.8 Å². The molecule has 10 heteroatoms. The Bertz CT molecular complexity index is 1460. The van der Waals surface area contributed by atoms with Crippen molar-refractivity contribution in [2.45, 2.75) is 63.1 Å². The molecule has 1 aliphatic carbocycles. The average Bonchev–Trinajstić information content (AvgIpc) is 3.44. The molecule has 1 aliphatic rings. The minimum Gasteiger partial charge on any atom is -0.352 e. The van der Waals surface area contributed by atoms with Gasteiger partial charge in [0, 0.05) is 22.6 Å². The lowest BCUT2D eigenvalue weighted by molar-refractivity contribution is -0.139. The Balaban J connectivity index is 1.69. The molecule has 0 radical (unpaired) electrons. The van der Waals surface area contributed by atoms with E-state index in [9.17, 15) is 22.4 Å². The minimum atomic E-state index is -4.17. The SMILES string of the molecule is Cc1ccc(S(=O)(=O)N(CC(=O)N(Cc2ccccc2F)[C@@H](C)C(=O)NC2CCCC2)c2cccc(Br)c2)cc1. The van der Waals surface area contributed by atoms with E-state index in [1.54, 1.807) is 61.5 Å². The van der Waals surface area contributed by atoms with Crippen molar-refractivity contribution in [1.29, 1.82) is 0 Å². The van der Waals surface area contributed by atoms with Crippen molar-refractivity contribution in [3.05, 3.63) is 94.2 Å². The highest BCUT2D eigenvalue weighted by Crippen LogP contribution is 2.27. The number of aryl methyl sites for hydroxylation is 1. The van der Waals surface area contributed by atoms with E-state index in [4.69, 9.17) is 0 Å². The van der Waals surface area contributed by atoms with Gasteiger partial charge in [-0.25, -0.2) is 12.8 Å². The summed E-state index contributed by atoms with van der Waals surface area (Å²) in [5.41, 5.74) is 1.39. The number of carbonyl (C=O) groups is 2. The number of sulfonamides is 1. The monoisotopic (exact) mass is 629 g/mol. The van der Waals surface area contributed by atoms with E-state index in [0.29, 0.717) is 4.47 Å². The molecule has 0 saturated heterocycles. The molecule has 0 aliphatic heterocycles. The number of nitrogens with one attached hydrogen (secondary N) is 1. The number of anilines is 1. The number of amides is 2. The molecule has 1 atom stereocenters. The maximum Gasteiger partial charge on any atom is 0.264 e. The van der Waals surface area contributed by atoms with Gasteiger partial charge in [0.1, 0.15) is 18.4 Å². The van der Waals surface area contributed by atoms with Gasteiger partial charge in [0.2, 0.25) is 11.8 Å². The van der Waals surface area contributed by atoms with Crippen LogP contribution in [0, 0.1) is 12.7 Å². The van der Waals surface area contributed by atoms with Crippen molar-refractivity contribution in [3.63, 3.8) is 0 Å². The van der Waals surface area contributed by atoms with E-state index >= 15 is 0 Å². The van der Waals surface area contributed by atoms with Crippen LogP contribution < -0.4 is 9.62 Å². The van der Waals surface area contributed by atoms with Gasteiger partial charge in [-0.2, -0.15) is 0 Å². The Morgan fingerprint density at radius 1 is 1.02 bits per heavy atom. The second kappa shape index (κ2) is 13.0. The smallest absolute Gasteiger partial charge is 0.264 e. The van der Waals surface area contributed by atoms with Crippen LogP contribution >= 0.6 is 15.9 Å². The second-order valence-corrected chi connectivity index (χ2v) is 12.9. The van der Waals surface area contributed by atoms with Crippen molar-refractivity contribution in [2.75, 3.05) is 10.8 Å². The first-order valence-corrected chi connectivity index (χ1v) is 15.5. The number of carbonyl (C=O) groups excluding carboxylic acids is 2. The van der Waals surface area contributed by atoms with Gasteiger partial charge < -0.3 is 10.2 Å². The zero-order valence-corrected chi connectivity index (χ0v) is 24.9. The van der Waals surface area contributed by atoms with Crippen molar-refractivity contribution < 1.29 is 22.4 Å². The zero-order valence-electron chi connectivity index (χ0n) is 22.5. The van der Waals surface area contributed by atoms with Gasteiger partial charge in [-0.05, 0) is 63.1 Å². The molecule has 3 aromatic carbocycles. The summed E-state index contributed by atoms with van der Waals surface area (Å²) in [4.78, 5) is 28.5. The molecule has 1 fully saturated rings. The molecule has 0 heterocycles. The Kier molecular flexibility index (Phi) is 9.63. The van der Waals surface area contributed by atoms with Gasteiger partial charge >= 0.3 is 0 Å². The van der Waals surface area contributed by atoms with Crippen molar-refractivity contribution >= 4 is 43.5 Å². The number of rotatable bonds is 10. The van der Waals surface area contributed by atoms with E-state index in [2.05, 4.69) is 21.2 Å². The number of halogens is 2. The standard InChI is InChI=1S/C30H33BrFN3O4S/c1-21-14-16-27(17-15-21)40(38,39)35(26-12-7-9-24(31)18-26)20-29(36)34(19-23-8-3-6-13-28(23)32)22(2)30(37)33-25-10-4-5-11-25/h3,6-9,12-18,22,25H,4-5,10-11,19-20H2,1-2H3,(H,33,37)/t22-/m0/s1. The highest BCUT2D eigenvalue weighted by Gasteiger charge is 2.33. The van der Waals surface area contributed by atoms with Gasteiger partial charge in [-0.1, -0.05) is 70.7 Å². The molecule has 3 aromatic rings. The Morgan fingerprint density at radius 2 is 1.70 bits per heavy atom. The minimum absolute atomic E-state index is 0.0264. The molecule has 2 amide bonds. The van der Waals surface area contributed by atoms with Gasteiger partial charge in [0.15, 0.2) is 0 Å². The van der Waals surface area contributed by atoms with Crippen LogP contribution in [0.25, 0.3) is 0 Å². The third-order valence-corrected chi connectivity index (χ3v) is 9.43. The lowest BCUT2D eigenvalue weighted by Gasteiger charge is -2.32. The molecule has 0 spiro atoms. The maximum absolute atomic E-state index is 14.7. The lowest BCUT2D eigenvalue weighted by Crippen LogP contribution is -2.52. The van der Waals surface area contributed by atoms with Crippen LogP contribution in [0.2, 0.25) is 0 Å². The first kappa shape index (κ1) is 29.7. The number of benzene rings is 3. The van der Waals surface area contributed by atoms with Crippen LogP contribution in [0.3, 0.4) is 0 Å². The normalized spacial score (nSPS) is 14.5. The summed E-state index contributed by atoms with van der Waals surface area (Å²) < 4.78 is 44.1. The van der Waals surface area contributed by atoms with Crippen LogP contribution in [0.5, 0.6) is 0 Å². The summed E-state index contributed by atoms with van der Waals surface area (Å²) in [6.07, 6.45) is 3.78. The highest BCUT2D eigenvalue weighted by atomic mass is 79.9. The molecule has 40 heavy (non-hydrogen) atoms. The molecular weight excluding hydrogens is 597 g/mol. The third-order valence-electron chi connectivity index (χ3n) is 7.15. The fraction of sp³-hybridized carbons (Fsp3) is 0.333. The number of hydrogen-bond acceptors (Lipinski definition) is 4. The van der Waals surface area contributed by atoms with Crippen molar-refractivity contribution in [3.8, 4) is 0 Å². The Labute approximate surface area is 243 Å². The molecule has 1 saturated carbocycles. The zero-order chi connectivity index (χ0) is 28.9. The summed E-state index contributed by atoms with van der Waals surface area (Å²) in [6.45, 7) is 2.66. The fourth-order valence-corrected chi connectivity index (χ4v) is 6.58. The van der Waals surface area contributed by atoms with Gasteiger partial charge in [-0.3, -0.25) is 13.9 Å². The van der Waals surface area contributed by atoms with Gasteiger partial charge in [0.25, 0.3) is 10.0 Å². The highest BCUT2D eigenvalue weighted by molar-refractivity contribution is 9.10. The quantitative estimate of drug-likeness (QED) is 0.318. The predicted molar refractivity (Wildman–Crippen MR) is 157 cm³/mol. The van der Waals surface area contributed by atoms with Crippen LogP contribution in [-0.2, 0) is 26.2 Å². The number of hydrogen-bond donors (Lipinski definition) is 1. The van der Waals surface area contributed by atoms with Crippen LogP contribution in [-0.4, -0.2) is 43.8 Å². The molecular formula is C30H33BrFN3O4S. The van der Waals surface area contributed by atoms with Crippen molar-refractivity contribution in [2.24, 2.45) is 0 Å². The van der Waals surface area contributed by atoms with Gasteiger partial charge in [-0.15, -0.1) is 0 Å². The Morgan fingerprint density at radius 3 is 2.35 bits per heavy atom. The summed E-state index contributed by atoms with van der Waals surface area (Å²) in [6, 6.07) is 18.1. The van der Waals surface area contributed by atoms with E-state index in [-0.39, 0.29) is 34.6 Å². The summed E-state index contributed by atoms with van der Waals surface area (Å²) >= 11 is 3.38. The Hall–Kier alpha value is -3.24. The average molecular weight is 631 g/mol. The maximum atomic E-state index is 14.7. The molecule has 4 rings (SSSR count). The van der Waals surface area contributed by atoms with E-state index < -0.39 is 34.3 Å². The van der Waals surface area contributed by atoms with Crippen LogP contribution in [0.4, 0.5) is 10.1 Å². The molecule has 7 nitrogen and oxygen atoms in total. The molecule has 0 unspecified atom stereocenters. The third kappa shape index (κ3) is 7.09. The second-order valence-electron chi connectivity index (χ2n) is 10.1. The molecule has 1 N–H and O–H groups in total. The van der Waals surface area contributed by atoms with Gasteiger partial charge in [0.05, 0.1) is 10.6 Å². The molecule has 0 bridgehead atoms. The first-order chi connectivity index (χ1) is 19.1. The van der Waals surface area contributed by atoms with E-state index in [1.807, 2.05) is 6.92 Å². The largest absolute Gasteiger partial charge is 0.352 e. The van der Waals surface area contributed by atoms with Crippen LogP contribution in [0.1, 0.15) is 43.7 Å². The number of nitrogens with zero attached hydrogens (tertiary/aromatic N) is 2. The molecule has 0 aromatic heterocycles. The van der Waals surface area contributed by atoms with E-state index in [1.165, 1.54) is 23.1 Å². The fourth-order valence-electron chi connectivity index (χ4n) is 4.78. The summed E-state index contributed by atoms with van der Waals surface area (Å²) in [5.74, 6) is -1.50. The van der Waals surface area contributed by atoms with E-state index in [0.717, 1.165) is 35.6 Å². The summed E-state index contributed by atoms with van der Waals surface area (Å²) in [7, 11) is -4.17. The first-order valence-electron chi connectivity index (χ1n) is 13.2. The lowest BCUT2D eigenvalue weighted by atomic mass is 10.1.